The van der Waals surface area contributed by atoms with Gasteiger partial charge in [-0.2, -0.15) is 12.6 Å². The van der Waals surface area contributed by atoms with Crippen LogP contribution in [0.2, 0.25) is 0 Å². The Morgan fingerprint density at radius 2 is 2.00 bits per heavy atom. The topological polar surface area (TPSA) is 20.2 Å². The largest absolute Gasteiger partial charge is 0.396 e. The molecule has 0 aromatic rings. The van der Waals surface area contributed by atoms with E-state index in [1.54, 1.807) is 0 Å². The Morgan fingerprint density at radius 3 is 2.12 bits per heavy atom. The van der Waals surface area contributed by atoms with Gasteiger partial charge in [0, 0.05) is 6.61 Å². The van der Waals surface area contributed by atoms with Crippen LogP contribution >= 0.6 is 12.6 Å². The van der Waals surface area contributed by atoms with Crippen molar-refractivity contribution in [2.75, 3.05) is 12.4 Å². The molecule has 0 spiro atoms. The molecule has 0 fully saturated rings. The Hall–Kier alpha value is 0.310. The van der Waals surface area contributed by atoms with Crippen LogP contribution in [0.4, 0.5) is 0 Å². The maximum atomic E-state index is 8.69. The molecule has 0 rings (SSSR count). The summed E-state index contributed by atoms with van der Waals surface area (Å²) < 4.78 is 0. The third-order valence-corrected chi connectivity index (χ3v) is 1.44. The van der Waals surface area contributed by atoms with Crippen molar-refractivity contribution in [2.24, 2.45) is 5.41 Å². The van der Waals surface area contributed by atoms with E-state index in [0.29, 0.717) is 0 Å². The molecular formula is C6H14OS. The minimum absolute atomic E-state index is 0.0712. The van der Waals surface area contributed by atoms with Gasteiger partial charge in [-0.25, -0.2) is 0 Å². The first kappa shape index (κ1) is 8.31. The van der Waals surface area contributed by atoms with Crippen LogP contribution in [0.25, 0.3) is 0 Å². The minimum Gasteiger partial charge on any atom is -0.396 e. The molecule has 50 valence electrons. The zero-order valence-corrected chi connectivity index (χ0v) is 6.41. The normalized spacial score (nSPS) is 12.0. The summed E-state index contributed by atoms with van der Waals surface area (Å²) in [6.07, 6.45) is 0.979. The van der Waals surface area contributed by atoms with Gasteiger partial charge in [0.15, 0.2) is 0 Å². The zero-order valence-electron chi connectivity index (χ0n) is 5.52. The van der Waals surface area contributed by atoms with Gasteiger partial charge in [0.25, 0.3) is 0 Å². The molecule has 0 radical (unpaired) electrons. The lowest BCUT2D eigenvalue weighted by Gasteiger charge is -2.19. The van der Waals surface area contributed by atoms with Crippen LogP contribution in [-0.4, -0.2) is 17.5 Å². The molecule has 0 aliphatic rings. The van der Waals surface area contributed by atoms with E-state index >= 15 is 0 Å². The molecule has 0 heterocycles. The molecule has 1 N–H and O–H groups in total. The Bertz CT molecular complexity index is 61.5. The van der Waals surface area contributed by atoms with Crippen LogP contribution in [0.3, 0.4) is 0 Å². The first-order chi connectivity index (χ1) is 3.62. The zero-order chi connectivity index (χ0) is 6.62. The lowest BCUT2D eigenvalue weighted by molar-refractivity contribution is 0.157. The van der Waals surface area contributed by atoms with Crippen LogP contribution in [0.15, 0.2) is 0 Å². The van der Waals surface area contributed by atoms with Gasteiger partial charge in [-0.15, -0.1) is 0 Å². The highest BCUT2D eigenvalue weighted by Crippen LogP contribution is 2.18. The predicted octanol–water partition coefficient (Wildman–Crippen LogP) is 1.32. The average Bonchev–Trinajstić information content (AvgIpc) is 1.67. The SMILES string of the molecule is CC(C)(CO)CCS. The van der Waals surface area contributed by atoms with Crippen molar-refractivity contribution in [2.45, 2.75) is 20.3 Å². The van der Waals surface area contributed by atoms with Gasteiger partial charge in [-0.3, -0.25) is 0 Å². The molecule has 0 atom stereocenters. The van der Waals surface area contributed by atoms with Crippen molar-refractivity contribution in [3.8, 4) is 0 Å². The highest BCUT2D eigenvalue weighted by atomic mass is 32.1. The highest BCUT2D eigenvalue weighted by Gasteiger charge is 2.13. The molecule has 0 bridgehead atoms. The first-order valence-electron chi connectivity index (χ1n) is 2.84. The summed E-state index contributed by atoms with van der Waals surface area (Å²) >= 11 is 4.06. The van der Waals surface area contributed by atoms with Crippen LogP contribution in [-0.2, 0) is 0 Å². The Labute approximate surface area is 56.5 Å². The van der Waals surface area contributed by atoms with Gasteiger partial charge in [0.1, 0.15) is 0 Å². The second-order valence-corrected chi connectivity index (χ2v) is 3.24. The standard InChI is InChI=1S/C6H14OS/c1-6(2,5-7)3-4-8/h7-8H,3-5H2,1-2H3. The third-order valence-electron chi connectivity index (χ3n) is 1.22. The van der Waals surface area contributed by atoms with E-state index < -0.39 is 0 Å². The second kappa shape index (κ2) is 3.36. The smallest absolute Gasteiger partial charge is 0.0482 e. The molecule has 0 amide bonds. The number of hydrogen-bond donors (Lipinski definition) is 2. The van der Waals surface area contributed by atoms with Gasteiger partial charge in [-0.05, 0) is 17.6 Å². The summed E-state index contributed by atoms with van der Waals surface area (Å²) in [6, 6.07) is 0. The maximum absolute atomic E-state index is 8.69. The fourth-order valence-electron chi connectivity index (χ4n) is 0.382. The van der Waals surface area contributed by atoms with Crippen molar-refractivity contribution < 1.29 is 5.11 Å². The molecule has 0 aliphatic carbocycles. The van der Waals surface area contributed by atoms with Crippen molar-refractivity contribution in [3.63, 3.8) is 0 Å². The Kier molecular flexibility index (Phi) is 3.49. The quantitative estimate of drug-likeness (QED) is 0.558. The summed E-state index contributed by atoms with van der Waals surface area (Å²) in [5.41, 5.74) is 0.0712. The van der Waals surface area contributed by atoms with E-state index in [2.05, 4.69) is 12.6 Å². The fourth-order valence-corrected chi connectivity index (χ4v) is 0.987. The average molecular weight is 134 g/mol. The van der Waals surface area contributed by atoms with Crippen molar-refractivity contribution in [1.82, 2.24) is 0 Å². The van der Waals surface area contributed by atoms with E-state index in [0.717, 1.165) is 12.2 Å². The van der Waals surface area contributed by atoms with Gasteiger partial charge < -0.3 is 5.11 Å². The van der Waals surface area contributed by atoms with Crippen LogP contribution < -0.4 is 0 Å². The van der Waals surface area contributed by atoms with Crippen LogP contribution in [0, 0.1) is 5.41 Å². The van der Waals surface area contributed by atoms with Gasteiger partial charge in [-0.1, -0.05) is 13.8 Å². The monoisotopic (exact) mass is 134 g/mol. The van der Waals surface area contributed by atoms with Crippen LogP contribution in [0.5, 0.6) is 0 Å². The summed E-state index contributed by atoms with van der Waals surface area (Å²) in [7, 11) is 0. The Balaban J connectivity index is 3.37. The molecule has 0 saturated heterocycles. The number of thiol groups is 1. The minimum atomic E-state index is 0.0712. The van der Waals surface area contributed by atoms with Crippen LogP contribution in [0.1, 0.15) is 20.3 Å². The summed E-state index contributed by atoms with van der Waals surface area (Å²) in [4.78, 5) is 0. The van der Waals surface area contributed by atoms with E-state index in [9.17, 15) is 0 Å². The summed E-state index contributed by atoms with van der Waals surface area (Å²) in [6.45, 7) is 4.32. The summed E-state index contributed by atoms with van der Waals surface area (Å²) in [5, 5.41) is 8.69. The number of aliphatic hydroxyl groups excluding tert-OH is 1. The molecule has 0 saturated carbocycles. The molecule has 1 nitrogen and oxygen atoms in total. The number of rotatable bonds is 3. The summed E-state index contributed by atoms with van der Waals surface area (Å²) in [5.74, 6) is 0.855. The van der Waals surface area contributed by atoms with Gasteiger partial charge in [0.2, 0.25) is 0 Å². The Morgan fingerprint density at radius 1 is 1.50 bits per heavy atom. The van der Waals surface area contributed by atoms with E-state index in [1.165, 1.54) is 0 Å². The van der Waals surface area contributed by atoms with Crippen molar-refractivity contribution >= 4 is 12.6 Å². The fraction of sp³-hybridized carbons (Fsp3) is 1.00. The lowest BCUT2D eigenvalue weighted by Crippen LogP contribution is -2.16. The highest BCUT2D eigenvalue weighted by molar-refractivity contribution is 7.80. The number of hydrogen-bond acceptors (Lipinski definition) is 2. The first-order valence-corrected chi connectivity index (χ1v) is 3.47. The molecule has 8 heavy (non-hydrogen) atoms. The van der Waals surface area contributed by atoms with E-state index in [4.69, 9.17) is 5.11 Å². The molecular weight excluding hydrogens is 120 g/mol. The van der Waals surface area contributed by atoms with Crippen molar-refractivity contribution in [3.05, 3.63) is 0 Å². The van der Waals surface area contributed by atoms with Crippen molar-refractivity contribution in [1.29, 1.82) is 0 Å². The third kappa shape index (κ3) is 3.33. The predicted molar refractivity (Wildman–Crippen MR) is 39.3 cm³/mol. The molecule has 0 unspecified atom stereocenters. The van der Waals surface area contributed by atoms with Gasteiger partial charge in [0.05, 0.1) is 0 Å². The second-order valence-electron chi connectivity index (χ2n) is 2.80. The molecule has 0 aliphatic heterocycles. The molecule has 0 aromatic carbocycles. The van der Waals surface area contributed by atoms with Gasteiger partial charge >= 0.3 is 0 Å². The van der Waals surface area contributed by atoms with E-state index in [-0.39, 0.29) is 12.0 Å². The lowest BCUT2D eigenvalue weighted by atomic mass is 9.92. The number of aliphatic hydroxyl groups is 1. The molecule has 2 heteroatoms. The molecule has 0 aromatic heterocycles. The maximum Gasteiger partial charge on any atom is 0.0482 e. The van der Waals surface area contributed by atoms with E-state index in [1.807, 2.05) is 13.8 Å².